The summed E-state index contributed by atoms with van der Waals surface area (Å²) >= 11 is -2.32. The summed E-state index contributed by atoms with van der Waals surface area (Å²) in [5, 5.41) is 3.18. The highest BCUT2D eigenvalue weighted by Crippen LogP contribution is 2.19. The Bertz CT molecular complexity index is 347. The van der Waals surface area contributed by atoms with E-state index in [1.54, 1.807) is 12.3 Å². The van der Waals surface area contributed by atoms with Crippen LogP contribution in [0.2, 0.25) is 0 Å². The van der Waals surface area contributed by atoms with Crippen molar-refractivity contribution >= 4 is 22.6 Å². The molecule has 2 N–H and O–H groups in total. The monoisotopic (exact) mass is 242 g/mol. The lowest BCUT2D eigenvalue weighted by molar-refractivity contribution is 0.542. The lowest BCUT2D eigenvalue weighted by atomic mass is 10.2. The Morgan fingerprint density at radius 1 is 1.44 bits per heavy atom. The number of aromatic nitrogens is 1. The zero-order valence-electron chi connectivity index (χ0n) is 9.23. The molecule has 1 aromatic rings. The Morgan fingerprint density at radius 3 is 2.94 bits per heavy atom. The maximum absolute atomic E-state index is 10.5. The normalized spacial score (nSPS) is 12.1. The summed E-state index contributed by atoms with van der Waals surface area (Å²) in [7, 11) is 0. The molecule has 90 valence electrons. The summed E-state index contributed by atoms with van der Waals surface area (Å²) in [6.07, 6.45) is 6.50. The molecule has 0 aliphatic heterocycles. The van der Waals surface area contributed by atoms with Crippen LogP contribution in [0.1, 0.15) is 26.2 Å². The fourth-order valence-electron chi connectivity index (χ4n) is 1.32. The van der Waals surface area contributed by atoms with E-state index in [2.05, 4.69) is 21.9 Å². The molecule has 0 saturated carbocycles. The van der Waals surface area contributed by atoms with Crippen molar-refractivity contribution in [3.8, 4) is 0 Å². The minimum atomic E-state index is -2.32. The van der Waals surface area contributed by atoms with Gasteiger partial charge < -0.3 is 14.6 Å². The Hall–Kier alpha value is -1.14. The van der Waals surface area contributed by atoms with Crippen LogP contribution in [-0.2, 0) is 11.3 Å². The van der Waals surface area contributed by atoms with Crippen LogP contribution in [0.4, 0.5) is 11.4 Å². The van der Waals surface area contributed by atoms with Gasteiger partial charge in [0.2, 0.25) is 0 Å². The van der Waals surface area contributed by atoms with Crippen LogP contribution < -0.4 is 10.0 Å². The number of pyridine rings is 1. The molecule has 1 unspecified atom stereocenters. The van der Waals surface area contributed by atoms with Gasteiger partial charge in [0.25, 0.3) is 0 Å². The van der Waals surface area contributed by atoms with Gasteiger partial charge in [0.1, 0.15) is 0 Å². The van der Waals surface area contributed by atoms with E-state index >= 15 is 0 Å². The predicted octanol–water partition coefficient (Wildman–Crippen LogP) is 1.89. The molecule has 0 spiro atoms. The number of nitrogens with zero attached hydrogens (tertiary/aromatic N) is 1. The number of hydrogen-bond donors (Lipinski definition) is 2. The Kier molecular flexibility index (Phi) is 5.81. The van der Waals surface area contributed by atoms with Gasteiger partial charge in [0.15, 0.2) is 0 Å². The molecule has 0 radical (unpaired) electrons. The second-order valence-electron chi connectivity index (χ2n) is 3.39. The molecule has 1 atom stereocenters. The molecule has 0 bridgehead atoms. The van der Waals surface area contributed by atoms with Gasteiger partial charge in [0.05, 0.1) is 17.6 Å². The molecule has 0 aromatic carbocycles. The SMILES string of the molecule is CCCCCNc1ccncc1NS(=O)[O-]. The topological polar surface area (TPSA) is 77.1 Å². The predicted molar refractivity (Wildman–Crippen MR) is 64.8 cm³/mol. The number of hydrogen-bond acceptors (Lipinski definition) is 4. The molecule has 0 amide bonds. The van der Waals surface area contributed by atoms with Gasteiger partial charge in [-0.25, -0.2) is 0 Å². The standard InChI is InChI=1S/C10H17N3O2S/c1-2-3-4-6-12-9-5-7-11-8-10(9)13-16(14)15/h5,7-8,13H,2-4,6H2,1H3,(H,11,12)(H,14,15)/p-1. The van der Waals surface area contributed by atoms with Crippen LogP contribution >= 0.6 is 0 Å². The molecule has 16 heavy (non-hydrogen) atoms. The fraction of sp³-hybridized carbons (Fsp3) is 0.500. The maximum Gasteiger partial charge on any atom is 0.0871 e. The highest BCUT2D eigenvalue weighted by molar-refractivity contribution is 7.80. The van der Waals surface area contributed by atoms with Crippen LogP contribution in [0.3, 0.4) is 0 Å². The number of anilines is 2. The van der Waals surface area contributed by atoms with Gasteiger partial charge in [-0.3, -0.25) is 9.19 Å². The Labute approximate surface area is 98.1 Å². The molecular weight excluding hydrogens is 226 g/mol. The first-order chi connectivity index (χ1) is 7.74. The summed E-state index contributed by atoms with van der Waals surface area (Å²) in [5.74, 6) is 0. The third-order valence-electron chi connectivity index (χ3n) is 2.11. The molecule has 5 nitrogen and oxygen atoms in total. The molecule has 0 aliphatic carbocycles. The number of nitrogens with one attached hydrogen (secondary N) is 2. The van der Waals surface area contributed by atoms with Gasteiger partial charge in [-0.1, -0.05) is 19.8 Å². The zero-order chi connectivity index (χ0) is 11.8. The molecule has 0 aliphatic rings. The van der Waals surface area contributed by atoms with Gasteiger partial charge in [-0.2, -0.15) is 0 Å². The summed E-state index contributed by atoms with van der Waals surface area (Å²) < 4.78 is 23.4. The van der Waals surface area contributed by atoms with Gasteiger partial charge >= 0.3 is 0 Å². The van der Waals surface area contributed by atoms with Crippen molar-refractivity contribution in [2.75, 3.05) is 16.6 Å². The molecule has 0 fully saturated rings. The average Bonchev–Trinajstić information content (AvgIpc) is 2.26. The number of rotatable bonds is 7. The van der Waals surface area contributed by atoms with E-state index in [9.17, 15) is 8.76 Å². The Morgan fingerprint density at radius 2 is 2.25 bits per heavy atom. The molecular formula is C10H16N3O2S-. The summed E-state index contributed by atoms with van der Waals surface area (Å²) in [4.78, 5) is 3.87. The van der Waals surface area contributed by atoms with Gasteiger partial charge in [0, 0.05) is 24.0 Å². The second-order valence-corrected chi connectivity index (χ2v) is 4.07. The average molecular weight is 242 g/mol. The van der Waals surface area contributed by atoms with Gasteiger partial charge in [-0.15, -0.1) is 0 Å². The third kappa shape index (κ3) is 4.59. The van der Waals surface area contributed by atoms with E-state index in [0.717, 1.165) is 31.5 Å². The van der Waals surface area contributed by atoms with Crippen molar-refractivity contribution in [1.82, 2.24) is 4.98 Å². The van der Waals surface area contributed by atoms with Crippen molar-refractivity contribution in [2.24, 2.45) is 0 Å². The molecule has 1 heterocycles. The van der Waals surface area contributed by atoms with Crippen molar-refractivity contribution in [3.63, 3.8) is 0 Å². The molecule has 6 heteroatoms. The first-order valence-corrected chi connectivity index (χ1v) is 6.35. The highest BCUT2D eigenvalue weighted by Gasteiger charge is 2.00. The van der Waals surface area contributed by atoms with Crippen LogP contribution in [0.25, 0.3) is 0 Å². The zero-order valence-corrected chi connectivity index (χ0v) is 10.0. The summed E-state index contributed by atoms with van der Waals surface area (Å²) in [5.41, 5.74) is 1.24. The van der Waals surface area contributed by atoms with E-state index in [1.807, 2.05) is 0 Å². The van der Waals surface area contributed by atoms with Crippen LogP contribution in [0, 0.1) is 0 Å². The van der Waals surface area contributed by atoms with E-state index in [4.69, 9.17) is 0 Å². The number of unbranched alkanes of at least 4 members (excludes halogenated alkanes) is 2. The quantitative estimate of drug-likeness (QED) is 0.565. The fourth-order valence-corrected chi connectivity index (χ4v) is 1.66. The first-order valence-electron chi connectivity index (χ1n) is 5.28. The minimum absolute atomic E-state index is 0.479. The first kappa shape index (κ1) is 12.9. The molecule has 0 saturated heterocycles. The van der Waals surface area contributed by atoms with Crippen molar-refractivity contribution in [3.05, 3.63) is 18.5 Å². The molecule has 1 rings (SSSR count). The Balaban J connectivity index is 2.53. The molecule has 1 aromatic heterocycles. The van der Waals surface area contributed by atoms with Crippen LogP contribution in [0.15, 0.2) is 18.5 Å². The third-order valence-corrected chi connectivity index (χ3v) is 2.50. The second kappa shape index (κ2) is 7.19. The van der Waals surface area contributed by atoms with Crippen LogP contribution in [0.5, 0.6) is 0 Å². The van der Waals surface area contributed by atoms with Crippen molar-refractivity contribution in [2.45, 2.75) is 26.2 Å². The summed E-state index contributed by atoms with van der Waals surface area (Å²) in [6, 6.07) is 1.75. The largest absolute Gasteiger partial charge is 0.755 e. The van der Waals surface area contributed by atoms with E-state index in [1.165, 1.54) is 6.20 Å². The lowest BCUT2D eigenvalue weighted by Crippen LogP contribution is -2.08. The van der Waals surface area contributed by atoms with Crippen LogP contribution in [-0.4, -0.2) is 20.3 Å². The summed E-state index contributed by atoms with van der Waals surface area (Å²) in [6.45, 7) is 2.97. The van der Waals surface area contributed by atoms with E-state index in [-0.39, 0.29) is 0 Å². The smallest absolute Gasteiger partial charge is 0.0871 e. The van der Waals surface area contributed by atoms with Crippen molar-refractivity contribution in [1.29, 1.82) is 0 Å². The lowest BCUT2D eigenvalue weighted by Gasteiger charge is -2.14. The maximum atomic E-state index is 10.5. The van der Waals surface area contributed by atoms with E-state index in [0.29, 0.717) is 5.69 Å². The van der Waals surface area contributed by atoms with Crippen molar-refractivity contribution < 1.29 is 8.76 Å². The van der Waals surface area contributed by atoms with E-state index < -0.39 is 11.3 Å². The van der Waals surface area contributed by atoms with Gasteiger partial charge in [-0.05, 0) is 12.5 Å². The highest BCUT2D eigenvalue weighted by atomic mass is 32.2. The minimum Gasteiger partial charge on any atom is -0.755 e.